The third-order valence-corrected chi connectivity index (χ3v) is 3.05. The molecule has 0 spiro atoms. The van der Waals surface area contributed by atoms with E-state index in [-0.39, 0.29) is 6.61 Å². The van der Waals surface area contributed by atoms with Gasteiger partial charge in [0.1, 0.15) is 11.5 Å². The third-order valence-electron chi connectivity index (χ3n) is 3.05. The van der Waals surface area contributed by atoms with Crippen LogP contribution in [-0.4, -0.2) is 18.7 Å². The fourth-order valence-corrected chi connectivity index (χ4v) is 1.95. The zero-order valence-electron chi connectivity index (χ0n) is 12.2. The first-order valence-corrected chi connectivity index (χ1v) is 7.01. The standard InChI is InChI=1S/C17H18FNO3/c1-2-21-17(20)15(18)16(19)12-7-6-10-14(11-12)22-13-8-4-3-5-9-13/h3-11,15-16H,2,19H2,1H3/t15?,16-/m1/s1. The number of para-hydroxylation sites is 1. The predicted octanol–water partition coefficient (Wildman–Crippen LogP) is 3.38. The Morgan fingerprint density at radius 2 is 1.82 bits per heavy atom. The van der Waals surface area contributed by atoms with Gasteiger partial charge in [-0.1, -0.05) is 30.3 Å². The van der Waals surface area contributed by atoms with E-state index in [1.54, 1.807) is 31.2 Å². The minimum Gasteiger partial charge on any atom is -0.464 e. The second-order valence-electron chi connectivity index (χ2n) is 4.67. The molecule has 0 aromatic heterocycles. The van der Waals surface area contributed by atoms with Crippen molar-refractivity contribution in [3.05, 3.63) is 60.2 Å². The summed E-state index contributed by atoms with van der Waals surface area (Å²) in [6.45, 7) is 1.73. The molecular formula is C17H18FNO3. The second kappa shape index (κ2) is 7.56. The van der Waals surface area contributed by atoms with Gasteiger partial charge in [0, 0.05) is 0 Å². The molecule has 0 bridgehead atoms. The van der Waals surface area contributed by atoms with Gasteiger partial charge in [0.25, 0.3) is 0 Å². The molecule has 0 amide bonds. The molecule has 2 aromatic carbocycles. The van der Waals surface area contributed by atoms with Crippen molar-refractivity contribution in [3.8, 4) is 11.5 Å². The number of nitrogens with two attached hydrogens (primary N) is 1. The number of alkyl halides is 1. The molecule has 2 atom stereocenters. The van der Waals surface area contributed by atoms with E-state index in [4.69, 9.17) is 10.5 Å². The van der Waals surface area contributed by atoms with Crippen LogP contribution in [-0.2, 0) is 9.53 Å². The highest BCUT2D eigenvalue weighted by atomic mass is 19.1. The maximum Gasteiger partial charge on any atom is 0.342 e. The normalized spacial score (nSPS) is 13.2. The van der Waals surface area contributed by atoms with Crippen LogP contribution >= 0.6 is 0 Å². The zero-order valence-corrected chi connectivity index (χ0v) is 12.2. The van der Waals surface area contributed by atoms with Crippen LogP contribution in [0.5, 0.6) is 11.5 Å². The van der Waals surface area contributed by atoms with Gasteiger partial charge in [-0.2, -0.15) is 0 Å². The van der Waals surface area contributed by atoms with Crippen molar-refractivity contribution in [2.45, 2.75) is 19.1 Å². The van der Waals surface area contributed by atoms with Crippen LogP contribution in [0.2, 0.25) is 0 Å². The van der Waals surface area contributed by atoms with Gasteiger partial charge in [0.2, 0.25) is 6.17 Å². The van der Waals surface area contributed by atoms with Crippen LogP contribution in [0, 0.1) is 0 Å². The fraction of sp³-hybridized carbons (Fsp3) is 0.235. The third kappa shape index (κ3) is 4.05. The Hall–Kier alpha value is -2.40. The van der Waals surface area contributed by atoms with E-state index in [1.165, 1.54) is 0 Å². The Morgan fingerprint density at radius 3 is 2.50 bits per heavy atom. The Bertz CT molecular complexity index is 618. The van der Waals surface area contributed by atoms with Crippen LogP contribution in [0.25, 0.3) is 0 Å². The molecule has 0 saturated heterocycles. The zero-order chi connectivity index (χ0) is 15.9. The molecule has 2 N–H and O–H groups in total. The first-order chi connectivity index (χ1) is 10.6. The van der Waals surface area contributed by atoms with Crippen molar-refractivity contribution >= 4 is 5.97 Å². The molecule has 22 heavy (non-hydrogen) atoms. The van der Waals surface area contributed by atoms with E-state index >= 15 is 0 Å². The smallest absolute Gasteiger partial charge is 0.342 e. The summed E-state index contributed by atoms with van der Waals surface area (Å²) >= 11 is 0. The highest BCUT2D eigenvalue weighted by Gasteiger charge is 2.27. The summed E-state index contributed by atoms with van der Waals surface area (Å²) in [5, 5.41) is 0. The lowest BCUT2D eigenvalue weighted by Crippen LogP contribution is -2.31. The molecular weight excluding hydrogens is 285 g/mol. The van der Waals surface area contributed by atoms with Crippen molar-refractivity contribution in [1.82, 2.24) is 0 Å². The van der Waals surface area contributed by atoms with E-state index in [0.717, 1.165) is 0 Å². The Kier molecular flexibility index (Phi) is 5.49. The second-order valence-corrected chi connectivity index (χ2v) is 4.67. The van der Waals surface area contributed by atoms with Gasteiger partial charge in [-0.3, -0.25) is 0 Å². The van der Waals surface area contributed by atoms with Crippen molar-refractivity contribution in [2.75, 3.05) is 6.61 Å². The average Bonchev–Trinajstić information content (AvgIpc) is 2.55. The maximum absolute atomic E-state index is 14.0. The number of hydrogen-bond acceptors (Lipinski definition) is 4. The minimum atomic E-state index is -1.91. The van der Waals surface area contributed by atoms with Crippen LogP contribution < -0.4 is 10.5 Å². The van der Waals surface area contributed by atoms with Gasteiger partial charge in [-0.25, -0.2) is 9.18 Å². The number of carbonyl (C=O) groups excluding carboxylic acids is 1. The van der Waals surface area contributed by atoms with Crippen LogP contribution in [0.1, 0.15) is 18.5 Å². The van der Waals surface area contributed by atoms with Crippen molar-refractivity contribution in [1.29, 1.82) is 0 Å². The Morgan fingerprint density at radius 1 is 1.14 bits per heavy atom. The molecule has 5 heteroatoms. The van der Waals surface area contributed by atoms with Gasteiger partial charge in [-0.05, 0) is 36.8 Å². The van der Waals surface area contributed by atoms with E-state index in [2.05, 4.69) is 4.74 Å². The van der Waals surface area contributed by atoms with Crippen molar-refractivity contribution in [3.63, 3.8) is 0 Å². The summed E-state index contributed by atoms with van der Waals surface area (Å²) in [6, 6.07) is 14.8. The Labute approximate surface area is 128 Å². The Balaban J connectivity index is 2.12. The number of ether oxygens (including phenoxy) is 2. The summed E-state index contributed by atoms with van der Waals surface area (Å²) in [5.74, 6) is 0.231. The molecule has 0 aliphatic rings. The molecule has 0 heterocycles. The number of rotatable bonds is 6. The van der Waals surface area contributed by atoms with Gasteiger partial charge in [0.15, 0.2) is 0 Å². The molecule has 116 valence electrons. The number of halogens is 1. The SMILES string of the molecule is CCOC(=O)C(F)[C@H](N)c1cccc(Oc2ccccc2)c1. The van der Waals surface area contributed by atoms with E-state index in [9.17, 15) is 9.18 Å². The molecule has 0 saturated carbocycles. The predicted molar refractivity (Wildman–Crippen MR) is 81.4 cm³/mol. The van der Waals surface area contributed by atoms with Gasteiger partial charge < -0.3 is 15.2 Å². The van der Waals surface area contributed by atoms with Crippen LogP contribution in [0.15, 0.2) is 54.6 Å². The summed E-state index contributed by atoms with van der Waals surface area (Å²) in [6.07, 6.45) is -1.91. The first kappa shape index (κ1) is 16.0. The van der Waals surface area contributed by atoms with Gasteiger partial charge in [-0.15, -0.1) is 0 Å². The summed E-state index contributed by atoms with van der Waals surface area (Å²) in [5.41, 5.74) is 6.27. The highest BCUT2D eigenvalue weighted by molar-refractivity contribution is 5.75. The fourth-order valence-electron chi connectivity index (χ4n) is 1.95. The molecule has 2 aromatic rings. The van der Waals surface area contributed by atoms with E-state index in [0.29, 0.717) is 17.1 Å². The highest BCUT2D eigenvalue weighted by Crippen LogP contribution is 2.26. The lowest BCUT2D eigenvalue weighted by molar-refractivity contribution is -0.149. The number of carbonyl (C=O) groups is 1. The van der Waals surface area contributed by atoms with Crippen molar-refractivity contribution in [2.24, 2.45) is 5.73 Å². The van der Waals surface area contributed by atoms with Gasteiger partial charge in [0.05, 0.1) is 12.6 Å². The minimum absolute atomic E-state index is 0.114. The molecule has 1 unspecified atom stereocenters. The summed E-state index contributed by atoms with van der Waals surface area (Å²) in [4.78, 5) is 11.4. The van der Waals surface area contributed by atoms with Crippen LogP contribution in [0.4, 0.5) is 4.39 Å². The molecule has 0 radical (unpaired) electrons. The summed E-state index contributed by atoms with van der Waals surface area (Å²) < 4.78 is 24.3. The number of esters is 1. The lowest BCUT2D eigenvalue weighted by Gasteiger charge is -2.16. The largest absolute Gasteiger partial charge is 0.464 e. The maximum atomic E-state index is 14.0. The molecule has 4 nitrogen and oxygen atoms in total. The number of hydrogen-bond donors (Lipinski definition) is 1. The lowest BCUT2D eigenvalue weighted by atomic mass is 10.0. The molecule has 2 rings (SSSR count). The summed E-state index contributed by atoms with van der Waals surface area (Å²) in [7, 11) is 0. The average molecular weight is 303 g/mol. The quantitative estimate of drug-likeness (QED) is 0.831. The molecule has 0 aliphatic heterocycles. The van der Waals surface area contributed by atoms with E-state index in [1.807, 2.05) is 30.3 Å². The van der Waals surface area contributed by atoms with Crippen molar-refractivity contribution < 1.29 is 18.7 Å². The monoisotopic (exact) mass is 303 g/mol. The first-order valence-electron chi connectivity index (χ1n) is 7.01. The van der Waals surface area contributed by atoms with Gasteiger partial charge >= 0.3 is 5.97 Å². The van der Waals surface area contributed by atoms with Crippen LogP contribution in [0.3, 0.4) is 0 Å². The number of benzene rings is 2. The topological polar surface area (TPSA) is 61.5 Å². The molecule has 0 aliphatic carbocycles. The van der Waals surface area contributed by atoms with E-state index < -0.39 is 18.2 Å². The molecule has 0 fully saturated rings.